The zero-order chi connectivity index (χ0) is 19.4. The van der Waals surface area contributed by atoms with Gasteiger partial charge < -0.3 is 15.2 Å². The van der Waals surface area contributed by atoms with Crippen molar-refractivity contribution in [3.05, 3.63) is 77.1 Å². The summed E-state index contributed by atoms with van der Waals surface area (Å²) in [6, 6.07) is 14.8. The second-order valence-electron chi connectivity index (χ2n) is 5.86. The van der Waals surface area contributed by atoms with Gasteiger partial charge in [-0.3, -0.25) is 4.79 Å². The van der Waals surface area contributed by atoms with Crippen molar-refractivity contribution in [2.24, 2.45) is 0 Å². The Morgan fingerprint density at radius 3 is 2.11 bits per heavy atom. The van der Waals surface area contributed by atoms with Crippen LogP contribution in [0.4, 0.5) is 5.69 Å². The molecular weight excluding hydrogens is 346 g/mol. The molecule has 0 aliphatic heterocycles. The lowest BCUT2D eigenvalue weighted by molar-refractivity contribution is 0.0692. The van der Waals surface area contributed by atoms with E-state index in [-0.39, 0.29) is 17.1 Å². The van der Waals surface area contributed by atoms with Crippen LogP contribution in [0.2, 0.25) is 0 Å². The van der Waals surface area contributed by atoms with Crippen LogP contribution in [0.25, 0.3) is 0 Å². The molecule has 2 N–H and O–H groups in total. The van der Waals surface area contributed by atoms with Crippen molar-refractivity contribution in [2.45, 2.75) is 13.8 Å². The van der Waals surface area contributed by atoms with Gasteiger partial charge in [-0.05, 0) is 56.3 Å². The van der Waals surface area contributed by atoms with Crippen LogP contribution in [0.3, 0.4) is 0 Å². The Labute approximate surface area is 155 Å². The standard InChI is InChI=1S/C20H17N3O4/c1-12-11-13(2)22-20(21-12)27-15-9-7-14(8-10-15)23-18(24)16-5-3-4-6-17(16)19(25)26/h3-11H,1-2H3,(H,23,24)(H,25,26). The molecule has 0 aliphatic rings. The van der Waals surface area contributed by atoms with E-state index in [4.69, 9.17) is 4.74 Å². The van der Waals surface area contributed by atoms with Crippen molar-refractivity contribution in [1.82, 2.24) is 9.97 Å². The largest absolute Gasteiger partial charge is 0.478 e. The van der Waals surface area contributed by atoms with Gasteiger partial charge in [-0.25, -0.2) is 14.8 Å². The average Bonchev–Trinajstić information content (AvgIpc) is 2.62. The van der Waals surface area contributed by atoms with Crippen LogP contribution in [0.1, 0.15) is 32.1 Å². The number of aromatic nitrogens is 2. The molecule has 7 heteroatoms. The summed E-state index contributed by atoms with van der Waals surface area (Å²) >= 11 is 0. The molecular formula is C20H17N3O4. The molecule has 0 bridgehead atoms. The van der Waals surface area contributed by atoms with Crippen molar-refractivity contribution in [3.8, 4) is 11.8 Å². The topological polar surface area (TPSA) is 101 Å². The molecule has 0 spiro atoms. The Bertz CT molecular complexity index is 980. The van der Waals surface area contributed by atoms with Gasteiger partial charge in [0.1, 0.15) is 5.75 Å². The number of hydrogen-bond acceptors (Lipinski definition) is 5. The molecule has 3 rings (SSSR count). The first-order valence-corrected chi connectivity index (χ1v) is 8.16. The number of ether oxygens (including phenoxy) is 1. The minimum atomic E-state index is -1.15. The van der Waals surface area contributed by atoms with Crippen LogP contribution in [-0.4, -0.2) is 27.0 Å². The number of anilines is 1. The second kappa shape index (κ2) is 7.65. The number of aromatic carboxylic acids is 1. The maximum absolute atomic E-state index is 12.4. The third-order valence-corrected chi connectivity index (χ3v) is 3.69. The van der Waals surface area contributed by atoms with Crippen LogP contribution in [0.15, 0.2) is 54.6 Å². The number of aryl methyl sites for hydroxylation is 2. The molecule has 0 unspecified atom stereocenters. The summed E-state index contributed by atoms with van der Waals surface area (Å²) < 4.78 is 5.62. The van der Waals surface area contributed by atoms with Gasteiger partial charge in [0.2, 0.25) is 0 Å². The van der Waals surface area contributed by atoms with Gasteiger partial charge in [0.15, 0.2) is 0 Å². The summed E-state index contributed by atoms with van der Waals surface area (Å²) in [6.07, 6.45) is 0. The smallest absolute Gasteiger partial charge is 0.336 e. The normalized spacial score (nSPS) is 10.3. The van der Waals surface area contributed by atoms with Crippen LogP contribution in [-0.2, 0) is 0 Å². The third-order valence-electron chi connectivity index (χ3n) is 3.69. The lowest BCUT2D eigenvalue weighted by Gasteiger charge is -2.09. The highest BCUT2D eigenvalue weighted by molar-refractivity contribution is 6.10. The number of nitrogens with one attached hydrogen (secondary N) is 1. The van der Waals surface area contributed by atoms with Crippen molar-refractivity contribution < 1.29 is 19.4 Å². The van der Waals surface area contributed by atoms with Crippen molar-refractivity contribution in [1.29, 1.82) is 0 Å². The fourth-order valence-corrected chi connectivity index (χ4v) is 2.52. The van der Waals surface area contributed by atoms with Crippen molar-refractivity contribution >= 4 is 17.6 Å². The maximum Gasteiger partial charge on any atom is 0.336 e. The number of carbonyl (C=O) groups is 2. The van der Waals surface area contributed by atoms with E-state index >= 15 is 0 Å². The number of rotatable bonds is 5. The first kappa shape index (κ1) is 18.1. The fraction of sp³-hybridized carbons (Fsp3) is 0.100. The van der Waals surface area contributed by atoms with E-state index in [1.54, 1.807) is 36.4 Å². The van der Waals surface area contributed by atoms with Crippen molar-refractivity contribution in [2.75, 3.05) is 5.32 Å². The molecule has 0 fully saturated rings. The first-order valence-electron chi connectivity index (χ1n) is 8.16. The zero-order valence-electron chi connectivity index (χ0n) is 14.8. The van der Waals surface area contributed by atoms with E-state index in [0.29, 0.717) is 11.4 Å². The lowest BCUT2D eigenvalue weighted by atomic mass is 10.1. The molecule has 2 aromatic carbocycles. The molecule has 136 valence electrons. The van der Waals surface area contributed by atoms with Crippen LogP contribution in [0, 0.1) is 13.8 Å². The molecule has 1 amide bonds. The molecule has 27 heavy (non-hydrogen) atoms. The predicted octanol–water partition coefficient (Wildman–Crippen LogP) is 3.84. The van der Waals surface area contributed by atoms with Gasteiger partial charge in [-0.2, -0.15) is 0 Å². The van der Waals surface area contributed by atoms with E-state index < -0.39 is 11.9 Å². The third kappa shape index (κ3) is 4.46. The molecule has 0 saturated heterocycles. The zero-order valence-corrected chi connectivity index (χ0v) is 14.8. The van der Waals surface area contributed by atoms with E-state index in [1.165, 1.54) is 12.1 Å². The van der Waals surface area contributed by atoms with Gasteiger partial charge in [0, 0.05) is 17.1 Å². The predicted molar refractivity (Wildman–Crippen MR) is 99.4 cm³/mol. The first-order chi connectivity index (χ1) is 12.9. The van der Waals surface area contributed by atoms with Crippen LogP contribution >= 0.6 is 0 Å². The van der Waals surface area contributed by atoms with Gasteiger partial charge in [-0.15, -0.1) is 0 Å². The summed E-state index contributed by atoms with van der Waals surface area (Å²) in [5.74, 6) is -1.14. The van der Waals surface area contributed by atoms with Gasteiger partial charge in [0.25, 0.3) is 5.91 Å². The molecule has 0 aliphatic carbocycles. The van der Waals surface area contributed by atoms with Gasteiger partial charge in [0.05, 0.1) is 11.1 Å². The number of carbonyl (C=O) groups excluding carboxylic acids is 1. The Morgan fingerprint density at radius 2 is 1.52 bits per heavy atom. The molecule has 0 saturated carbocycles. The number of carboxylic acids is 1. The molecule has 0 radical (unpaired) electrons. The number of nitrogens with zero attached hydrogens (tertiary/aromatic N) is 2. The molecule has 0 atom stereocenters. The van der Waals surface area contributed by atoms with E-state index in [0.717, 1.165) is 11.4 Å². The van der Waals surface area contributed by atoms with Gasteiger partial charge >= 0.3 is 12.0 Å². The minimum Gasteiger partial charge on any atom is -0.478 e. The Morgan fingerprint density at radius 1 is 0.926 bits per heavy atom. The number of carboxylic acid groups (broad SMARTS) is 1. The fourth-order valence-electron chi connectivity index (χ4n) is 2.52. The highest BCUT2D eigenvalue weighted by Crippen LogP contribution is 2.21. The molecule has 7 nitrogen and oxygen atoms in total. The minimum absolute atomic E-state index is 0.0538. The van der Waals surface area contributed by atoms with E-state index in [1.807, 2.05) is 19.9 Å². The Hall–Kier alpha value is -3.74. The molecule has 3 aromatic rings. The molecule has 1 aromatic heterocycles. The summed E-state index contributed by atoms with van der Waals surface area (Å²) in [4.78, 5) is 32.0. The number of hydrogen-bond donors (Lipinski definition) is 2. The summed E-state index contributed by atoms with van der Waals surface area (Å²) in [6.45, 7) is 3.71. The Kier molecular flexibility index (Phi) is 5.12. The van der Waals surface area contributed by atoms with E-state index in [2.05, 4.69) is 15.3 Å². The summed E-state index contributed by atoms with van der Waals surface area (Å²) in [7, 11) is 0. The number of amides is 1. The highest BCUT2D eigenvalue weighted by atomic mass is 16.5. The van der Waals surface area contributed by atoms with E-state index in [9.17, 15) is 14.7 Å². The SMILES string of the molecule is Cc1cc(C)nc(Oc2ccc(NC(=O)c3ccccc3C(=O)O)cc2)n1. The average molecular weight is 363 g/mol. The molecule has 1 heterocycles. The van der Waals surface area contributed by atoms with Crippen LogP contribution in [0.5, 0.6) is 11.8 Å². The summed E-state index contributed by atoms with van der Waals surface area (Å²) in [5, 5.41) is 11.9. The number of benzene rings is 2. The van der Waals surface area contributed by atoms with Crippen LogP contribution < -0.4 is 10.1 Å². The van der Waals surface area contributed by atoms with Gasteiger partial charge in [-0.1, -0.05) is 12.1 Å². The monoisotopic (exact) mass is 363 g/mol. The quantitative estimate of drug-likeness (QED) is 0.714. The maximum atomic E-state index is 12.4. The highest BCUT2D eigenvalue weighted by Gasteiger charge is 2.15. The summed E-state index contributed by atoms with van der Waals surface area (Å²) in [5.41, 5.74) is 2.15. The second-order valence-corrected chi connectivity index (χ2v) is 5.86. The Balaban J connectivity index is 1.72. The van der Waals surface area contributed by atoms with Crippen molar-refractivity contribution in [3.63, 3.8) is 0 Å². The lowest BCUT2D eigenvalue weighted by Crippen LogP contribution is -2.16.